The van der Waals surface area contributed by atoms with Crippen LogP contribution in [0.25, 0.3) is 5.76 Å². The van der Waals surface area contributed by atoms with Crippen molar-refractivity contribution in [1.29, 1.82) is 0 Å². The summed E-state index contributed by atoms with van der Waals surface area (Å²) in [4.78, 5) is 29.5. The lowest BCUT2D eigenvalue weighted by Crippen LogP contribution is -2.29. The predicted molar refractivity (Wildman–Crippen MR) is 118 cm³/mol. The van der Waals surface area contributed by atoms with Crippen molar-refractivity contribution in [2.75, 3.05) is 23.9 Å². The highest BCUT2D eigenvalue weighted by Crippen LogP contribution is 2.42. The molecule has 1 heterocycles. The Balaban J connectivity index is 1.90. The first-order chi connectivity index (χ1) is 14.5. The number of hydrogen-bond donors (Lipinski definition) is 1. The number of amides is 1. The molecule has 0 aliphatic carbocycles. The molecule has 1 saturated heterocycles. The fourth-order valence-corrected chi connectivity index (χ4v) is 3.71. The molecule has 0 aromatic heterocycles. The van der Waals surface area contributed by atoms with Crippen LogP contribution in [0.2, 0.25) is 0 Å². The maximum absolute atomic E-state index is 13.1. The molecule has 3 aromatic carbocycles. The standard InChI is InChI=1S/C25H22N2O3/c1-26(2)19-13-15-20(16-14-19)27-22(17-9-5-3-6-10-17)21(24(29)25(27)30)23(28)18-11-7-4-8-12-18/h3-16,22,28H,1-2H3/b23-21+. The van der Waals surface area contributed by atoms with Crippen LogP contribution in [0.5, 0.6) is 0 Å². The molecule has 1 aliphatic rings. The molecule has 150 valence electrons. The summed E-state index contributed by atoms with van der Waals surface area (Å²) in [5.74, 6) is -1.52. The van der Waals surface area contributed by atoms with Gasteiger partial charge in [0, 0.05) is 31.0 Å². The quantitative estimate of drug-likeness (QED) is 0.403. The third-order valence-corrected chi connectivity index (χ3v) is 5.25. The highest BCUT2D eigenvalue weighted by atomic mass is 16.3. The van der Waals surface area contributed by atoms with E-state index >= 15 is 0 Å². The monoisotopic (exact) mass is 398 g/mol. The number of Topliss-reactive ketones (excluding diaryl/α,β-unsaturated/α-hetero) is 1. The van der Waals surface area contributed by atoms with Crippen LogP contribution in [0.1, 0.15) is 17.2 Å². The first-order valence-electron chi connectivity index (χ1n) is 9.68. The zero-order valence-electron chi connectivity index (χ0n) is 16.8. The van der Waals surface area contributed by atoms with Crippen molar-refractivity contribution in [3.63, 3.8) is 0 Å². The Morgan fingerprint density at radius 3 is 1.97 bits per heavy atom. The Kier molecular flexibility index (Phi) is 5.11. The van der Waals surface area contributed by atoms with Gasteiger partial charge in [0.2, 0.25) is 0 Å². The van der Waals surface area contributed by atoms with Gasteiger partial charge in [-0.2, -0.15) is 0 Å². The molecule has 5 nitrogen and oxygen atoms in total. The number of aliphatic hydroxyl groups excluding tert-OH is 1. The van der Waals surface area contributed by atoms with Gasteiger partial charge in [-0.3, -0.25) is 14.5 Å². The number of hydrogen-bond acceptors (Lipinski definition) is 4. The third kappa shape index (κ3) is 3.35. The summed E-state index contributed by atoms with van der Waals surface area (Å²) >= 11 is 0. The van der Waals surface area contributed by atoms with E-state index in [9.17, 15) is 14.7 Å². The molecule has 0 spiro atoms. The number of nitrogens with zero attached hydrogens (tertiary/aromatic N) is 2. The second-order valence-electron chi connectivity index (χ2n) is 7.36. The molecule has 5 heteroatoms. The fraction of sp³-hybridized carbons (Fsp3) is 0.120. The molecule has 1 unspecified atom stereocenters. The third-order valence-electron chi connectivity index (χ3n) is 5.25. The van der Waals surface area contributed by atoms with E-state index in [1.165, 1.54) is 4.90 Å². The first kappa shape index (κ1) is 19.5. The number of rotatable bonds is 4. The Morgan fingerprint density at radius 2 is 1.40 bits per heavy atom. The fourth-order valence-electron chi connectivity index (χ4n) is 3.71. The van der Waals surface area contributed by atoms with Gasteiger partial charge in [0.25, 0.3) is 11.7 Å². The van der Waals surface area contributed by atoms with Gasteiger partial charge in [-0.15, -0.1) is 0 Å². The summed E-state index contributed by atoms with van der Waals surface area (Å²) in [6.07, 6.45) is 0. The lowest BCUT2D eigenvalue weighted by atomic mass is 9.95. The molecule has 4 rings (SSSR count). The Hall–Kier alpha value is -3.86. The van der Waals surface area contributed by atoms with Crippen molar-refractivity contribution < 1.29 is 14.7 Å². The van der Waals surface area contributed by atoms with Crippen molar-refractivity contribution in [1.82, 2.24) is 0 Å². The molecule has 0 saturated carbocycles. The van der Waals surface area contributed by atoms with Gasteiger partial charge < -0.3 is 10.0 Å². The van der Waals surface area contributed by atoms with Gasteiger partial charge in [-0.05, 0) is 29.8 Å². The zero-order chi connectivity index (χ0) is 21.3. The van der Waals surface area contributed by atoms with Gasteiger partial charge in [-0.1, -0.05) is 60.7 Å². The number of carbonyl (C=O) groups excluding carboxylic acids is 2. The van der Waals surface area contributed by atoms with Crippen molar-refractivity contribution in [2.24, 2.45) is 0 Å². The number of benzene rings is 3. The normalized spacial score (nSPS) is 17.9. The molecule has 0 radical (unpaired) electrons. The van der Waals surface area contributed by atoms with Gasteiger partial charge in [0.05, 0.1) is 11.6 Å². The highest BCUT2D eigenvalue weighted by Gasteiger charge is 2.46. The molecule has 0 bridgehead atoms. The molecule has 1 fully saturated rings. The lowest BCUT2D eigenvalue weighted by Gasteiger charge is -2.26. The minimum absolute atomic E-state index is 0.0917. The van der Waals surface area contributed by atoms with Crippen molar-refractivity contribution in [3.05, 3.63) is 102 Å². The zero-order valence-corrected chi connectivity index (χ0v) is 16.8. The summed E-state index contributed by atoms with van der Waals surface area (Å²) in [5.41, 5.74) is 2.93. The lowest BCUT2D eigenvalue weighted by molar-refractivity contribution is -0.132. The van der Waals surface area contributed by atoms with E-state index in [-0.39, 0.29) is 11.3 Å². The van der Waals surface area contributed by atoms with E-state index in [4.69, 9.17) is 0 Å². The smallest absolute Gasteiger partial charge is 0.300 e. The van der Waals surface area contributed by atoms with Crippen LogP contribution in [0.15, 0.2) is 90.5 Å². The average Bonchev–Trinajstić information content (AvgIpc) is 3.05. The largest absolute Gasteiger partial charge is 0.507 e. The van der Waals surface area contributed by atoms with Gasteiger partial charge in [0.1, 0.15) is 5.76 Å². The van der Waals surface area contributed by atoms with E-state index in [1.54, 1.807) is 24.3 Å². The summed E-state index contributed by atoms with van der Waals surface area (Å²) in [6, 6.07) is 24.8. The van der Waals surface area contributed by atoms with E-state index in [0.717, 1.165) is 11.3 Å². The van der Waals surface area contributed by atoms with Gasteiger partial charge in [0.15, 0.2) is 0 Å². The minimum atomic E-state index is -0.711. The Morgan fingerprint density at radius 1 is 0.833 bits per heavy atom. The van der Waals surface area contributed by atoms with Crippen LogP contribution < -0.4 is 9.80 Å². The molecular weight excluding hydrogens is 376 g/mol. The van der Waals surface area contributed by atoms with Crippen molar-refractivity contribution >= 4 is 28.8 Å². The SMILES string of the molecule is CN(C)c1ccc(N2C(=O)C(=O)/C(=C(/O)c3ccccc3)C2c2ccccc2)cc1. The van der Waals surface area contributed by atoms with E-state index in [2.05, 4.69) is 0 Å². The molecule has 1 aliphatic heterocycles. The van der Waals surface area contributed by atoms with Gasteiger partial charge >= 0.3 is 0 Å². The van der Waals surface area contributed by atoms with Crippen molar-refractivity contribution in [2.45, 2.75) is 6.04 Å². The molecular formula is C25H22N2O3. The molecule has 3 aromatic rings. The Bertz CT molecular complexity index is 1100. The van der Waals surface area contributed by atoms with E-state index in [1.807, 2.05) is 79.7 Å². The van der Waals surface area contributed by atoms with E-state index in [0.29, 0.717) is 11.3 Å². The first-order valence-corrected chi connectivity index (χ1v) is 9.68. The number of anilines is 2. The maximum Gasteiger partial charge on any atom is 0.300 e. The van der Waals surface area contributed by atoms with Crippen LogP contribution >= 0.6 is 0 Å². The van der Waals surface area contributed by atoms with Crippen molar-refractivity contribution in [3.8, 4) is 0 Å². The molecule has 1 amide bonds. The van der Waals surface area contributed by atoms with E-state index < -0.39 is 17.7 Å². The maximum atomic E-state index is 13.1. The van der Waals surface area contributed by atoms with Crippen LogP contribution in [-0.4, -0.2) is 30.9 Å². The minimum Gasteiger partial charge on any atom is -0.507 e. The summed E-state index contributed by atoms with van der Waals surface area (Å²) in [6.45, 7) is 0. The molecule has 30 heavy (non-hydrogen) atoms. The number of carbonyl (C=O) groups is 2. The average molecular weight is 398 g/mol. The van der Waals surface area contributed by atoms with Gasteiger partial charge in [-0.25, -0.2) is 0 Å². The topological polar surface area (TPSA) is 60.9 Å². The second-order valence-corrected chi connectivity index (χ2v) is 7.36. The number of aliphatic hydroxyl groups is 1. The predicted octanol–water partition coefficient (Wildman–Crippen LogP) is 4.38. The summed E-state index contributed by atoms with van der Waals surface area (Å²) in [7, 11) is 3.87. The molecule has 1 atom stereocenters. The summed E-state index contributed by atoms with van der Waals surface area (Å²) < 4.78 is 0. The molecule has 1 N–H and O–H groups in total. The summed E-state index contributed by atoms with van der Waals surface area (Å²) in [5, 5.41) is 11.0. The van der Waals surface area contributed by atoms with Crippen LogP contribution in [-0.2, 0) is 9.59 Å². The second kappa shape index (κ2) is 7.87. The number of ketones is 1. The Labute approximate surface area is 175 Å². The highest BCUT2D eigenvalue weighted by molar-refractivity contribution is 6.51. The van der Waals surface area contributed by atoms with Crippen LogP contribution in [0, 0.1) is 0 Å². The van der Waals surface area contributed by atoms with Crippen LogP contribution in [0.3, 0.4) is 0 Å². The van der Waals surface area contributed by atoms with Crippen LogP contribution in [0.4, 0.5) is 11.4 Å².